The third-order valence-corrected chi connectivity index (χ3v) is 2.35. The molecule has 15 heavy (non-hydrogen) atoms. The molecule has 0 bridgehead atoms. The lowest BCUT2D eigenvalue weighted by Crippen LogP contribution is -1.94. The molecule has 1 heterocycles. The summed E-state index contributed by atoms with van der Waals surface area (Å²) >= 11 is 0. The molecule has 1 radical (unpaired) electrons. The minimum Gasteiger partial charge on any atom is -0.223 e. The number of fused-ring (bicyclic) bond motifs is 1. The van der Waals surface area contributed by atoms with E-state index in [0.29, 0.717) is 0 Å². The lowest BCUT2D eigenvalue weighted by atomic mass is 10.1. The molecule has 3 aromatic rings. The molecule has 0 aliphatic heterocycles. The fourth-order valence-electron chi connectivity index (χ4n) is 1.66. The van der Waals surface area contributed by atoms with E-state index >= 15 is 0 Å². The molecule has 3 nitrogen and oxygen atoms in total. The summed E-state index contributed by atoms with van der Waals surface area (Å²) in [5.41, 5.74) is 1.03. The summed E-state index contributed by atoms with van der Waals surface area (Å²) in [6, 6.07) is 15.2. The zero-order valence-corrected chi connectivity index (χ0v) is 7.96. The molecule has 0 N–H and O–H groups in total. The molecule has 3 heteroatoms. The first kappa shape index (κ1) is 8.17. The first-order valence-corrected chi connectivity index (χ1v) is 4.69. The Morgan fingerprint density at radius 3 is 2.93 bits per heavy atom. The van der Waals surface area contributed by atoms with E-state index in [0.717, 1.165) is 16.5 Å². The van der Waals surface area contributed by atoms with Crippen molar-refractivity contribution >= 4 is 10.8 Å². The van der Waals surface area contributed by atoms with Gasteiger partial charge in [0.25, 0.3) is 0 Å². The quantitative estimate of drug-likeness (QED) is 0.594. The van der Waals surface area contributed by atoms with E-state index in [-0.39, 0.29) is 0 Å². The van der Waals surface area contributed by atoms with Crippen LogP contribution in [0.2, 0.25) is 0 Å². The van der Waals surface area contributed by atoms with Crippen LogP contribution in [0.15, 0.2) is 49.1 Å². The fourth-order valence-corrected chi connectivity index (χ4v) is 1.66. The fraction of sp³-hybridized carbons (Fsp3) is 0. The van der Waals surface area contributed by atoms with Crippen LogP contribution in [0.25, 0.3) is 16.5 Å². The molecule has 0 atom stereocenters. The van der Waals surface area contributed by atoms with Crippen LogP contribution in [0.3, 0.4) is 0 Å². The molecule has 0 fully saturated rings. The van der Waals surface area contributed by atoms with Gasteiger partial charge in [0.05, 0.1) is 5.69 Å². The lowest BCUT2D eigenvalue weighted by molar-refractivity contribution is 0.886. The second kappa shape index (κ2) is 3.20. The van der Waals surface area contributed by atoms with Crippen LogP contribution in [0.4, 0.5) is 0 Å². The minimum atomic E-state index is 1.03. The third kappa shape index (κ3) is 1.29. The van der Waals surface area contributed by atoms with Gasteiger partial charge in [0, 0.05) is 5.39 Å². The van der Waals surface area contributed by atoms with Gasteiger partial charge >= 0.3 is 0 Å². The highest BCUT2D eigenvalue weighted by atomic mass is 15.3. The van der Waals surface area contributed by atoms with Gasteiger partial charge < -0.3 is 0 Å². The van der Waals surface area contributed by atoms with Crippen molar-refractivity contribution in [2.45, 2.75) is 0 Å². The Morgan fingerprint density at radius 2 is 2.07 bits per heavy atom. The largest absolute Gasteiger partial charge is 0.223 e. The summed E-state index contributed by atoms with van der Waals surface area (Å²) in [7, 11) is 0. The number of benzene rings is 2. The second-order valence-corrected chi connectivity index (χ2v) is 3.25. The maximum absolute atomic E-state index is 4.13. The van der Waals surface area contributed by atoms with Gasteiger partial charge in [-0.15, -0.1) is 0 Å². The summed E-state index contributed by atoms with van der Waals surface area (Å²) < 4.78 is 1.76. The number of aromatic nitrogens is 3. The van der Waals surface area contributed by atoms with Gasteiger partial charge in [-0.2, -0.15) is 5.10 Å². The molecule has 0 spiro atoms. The van der Waals surface area contributed by atoms with Crippen LogP contribution in [0, 0.1) is 6.07 Å². The molecule has 0 unspecified atom stereocenters. The topological polar surface area (TPSA) is 30.7 Å². The van der Waals surface area contributed by atoms with Gasteiger partial charge in [0.15, 0.2) is 0 Å². The van der Waals surface area contributed by atoms with Crippen molar-refractivity contribution in [1.82, 2.24) is 14.8 Å². The number of rotatable bonds is 1. The minimum absolute atomic E-state index is 1.03. The monoisotopic (exact) mass is 194 g/mol. The van der Waals surface area contributed by atoms with E-state index in [9.17, 15) is 0 Å². The van der Waals surface area contributed by atoms with Crippen LogP contribution in [0.5, 0.6) is 0 Å². The first-order valence-electron chi connectivity index (χ1n) is 4.69. The summed E-state index contributed by atoms with van der Waals surface area (Å²) in [4.78, 5) is 3.95. The van der Waals surface area contributed by atoms with E-state index in [4.69, 9.17) is 0 Å². The van der Waals surface area contributed by atoms with E-state index in [1.165, 1.54) is 6.33 Å². The Morgan fingerprint density at radius 1 is 1.13 bits per heavy atom. The highest BCUT2D eigenvalue weighted by Gasteiger charge is 2.01. The van der Waals surface area contributed by atoms with Crippen molar-refractivity contribution in [3.8, 4) is 5.69 Å². The van der Waals surface area contributed by atoms with Crippen molar-refractivity contribution in [1.29, 1.82) is 0 Å². The number of hydrogen-bond donors (Lipinski definition) is 0. The molecule has 0 saturated heterocycles. The molecule has 2 aromatic carbocycles. The van der Waals surface area contributed by atoms with Gasteiger partial charge in [0.2, 0.25) is 0 Å². The number of nitrogens with zero attached hydrogens (tertiary/aromatic N) is 3. The van der Waals surface area contributed by atoms with Crippen LogP contribution in [0.1, 0.15) is 0 Å². The number of hydrogen-bond acceptors (Lipinski definition) is 2. The second-order valence-electron chi connectivity index (χ2n) is 3.25. The Balaban J connectivity index is 2.36. The van der Waals surface area contributed by atoms with E-state index in [1.807, 2.05) is 30.3 Å². The average molecular weight is 194 g/mol. The van der Waals surface area contributed by atoms with Gasteiger partial charge in [-0.1, -0.05) is 30.3 Å². The van der Waals surface area contributed by atoms with Crippen molar-refractivity contribution in [2.24, 2.45) is 0 Å². The van der Waals surface area contributed by atoms with E-state index in [2.05, 4.69) is 22.2 Å². The van der Waals surface area contributed by atoms with E-state index < -0.39 is 0 Å². The zero-order valence-electron chi connectivity index (χ0n) is 7.96. The molecular formula is C12H8N3. The molecular weight excluding hydrogens is 186 g/mol. The van der Waals surface area contributed by atoms with Crippen molar-refractivity contribution < 1.29 is 0 Å². The summed E-state index contributed by atoms with van der Waals surface area (Å²) in [5.74, 6) is 0. The summed E-state index contributed by atoms with van der Waals surface area (Å²) in [5, 5.41) is 6.35. The Kier molecular flexibility index (Phi) is 1.75. The lowest BCUT2D eigenvalue weighted by Gasteiger charge is -2.04. The Bertz CT molecular complexity index is 579. The van der Waals surface area contributed by atoms with Crippen LogP contribution >= 0.6 is 0 Å². The Labute approximate surface area is 87.0 Å². The molecule has 3 rings (SSSR count). The van der Waals surface area contributed by atoms with Crippen molar-refractivity contribution in [3.63, 3.8) is 0 Å². The first-order chi connectivity index (χ1) is 7.45. The third-order valence-electron chi connectivity index (χ3n) is 2.35. The molecule has 0 saturated carbocycles. The predicted octanol–water partition coefficient (Wildman–Crippen LogP) is 2.22. The average Bonchev–Trinajstić information content (AvgIpc) is 2.82. The molecule has 71 valence electrons. The van der Waals surface area contributed by atoms with Crippen molar-refractivity contribution in [3.05, 3.63) is 55.1 Å². The Hall–Kier alpha value is -2.16. The molecule has 1 aromatic heterocycles. The van der Waals surface area contributed by atoms with E-state index in [1.54, 1.807) is 11.0 Å². The summed E-state index contributed by atoms with van der Waals surface area (Å²) in [6.45, 7) is 0. The van der Waals surface area contributed by atoms with Crippen LogP contribution < -0.4 is 0 Å². The smallest absolute Gasteiger partial charge is 0.138 e. The standard InChI is InChI=1S/C12H8N3/c1-2-6-11-10(4-1)5-3-7-12(11)15-9-13-8-14-15/h1-4,6-9H. The van der Waals surface area contributed by atoms with Gasteiger partial charge in [0.1, 0.15) is 12.7 Å². The zero-order chi connectivity index (χ0) is 10.1. The maximum atomic E-state index is 4.13. The molecule has 0 aliphatic rings. The highest BCUT2D eigenvalue weighted by molar-refractivity contribution is 5.89. The van der Waals surface area contributed by atoms with Crippen LogP contribution in [-0.2, 0) is 0 Å². The SMILES string of the molecule is [c]1ccc(-n2cncn2)c2ccccc12. The van der Waals surface area contributed by atoms with Crippen molar-refractivity contribution in [2.75, 3.05) is 0 Å². The normalized spacial score (nSPS) is 10.7. The highest BCUT2D eigenvalue weighted by Crippen LogP contribution is 2.20. The molecule has 0 amide bonds. The molecule has 0 aliphatic carbocycles. The predicted molar refractivity (Wildman–Crippen MR) is 57.7 cm³/mol. The van der Waals surface area contributed by atoms with Gasteiger partial charge in [-0.3, -0.25) is 0 Å². The van der Waals surface area contributed by atoms with Gasteiger partial charge in [-0.25, -0.2) is 9.67 Å². The van der Waals surface area contributed by atoms with Gasteiger partial charge in [-0.05, 0) is 17.5 Å². The maximum Gasteiger partial charge on any atom is 0.138 e. The van der Waals surface area contributed by atoms with Crippen LogP contribution in [-0.4, -0.2) is 14.8 Å². The summed E-state index contributed by atoms with van der Waals surface area (Å²) in [6.07, 6.45) is 3.23.